The van der Waals surface area contributed by atoms with E-state index in [1.54, 1.807) is 18.3 Å². The Balaban J connectivity index is 1.51. The molecule has 0 radical (unpaired) electrons. The summed E-state index contributed by atoms with van der Waals surface area (Å²) < 4.78 is 7.03. The minimum absolute atomic E-state index is 0.0298. The lowest BCUT2D eigenvalue weighted by molar-refractivity contribution is 0.305. The van der Waals surface area contributed by atoms with Crippen LogP contribution in [0.25, 0.3) is 5.69 Å². The number of hydrogen-bond donors (Lipinski definition) is 2. The predicted octanol–water partition coefficient (Wildman–Crippen LogP) is 2.29. The normalized spacial score (nSPS) is 18.5. The second kappa shape index (κ2) is 8.20. The minimum atomic E-state index is -0.317. The van der Waals surface area contributed by atoms with Crippen LogP contribution >= 0.6 is 0 Å². The molecule has 1 aliphatic rings. The second-order valence-electron chi connectivity index (χ2n) is 7.89. The van der Waals surface area contributed by atoms with Crippen molar-refractivity contribution in [2.75, 3.05) is 25.0 Å². The van der Waals surface area contributed by atoms with Gasteiger partial charge in [0.15, 0.2) is 0 Å². The third-order valence-corrected chi connectivity index (χ3v) is 5.69. The molecule has 3 aromatic rings. The molecular weight excluding hydrogens is 380 g/mol. The maximum atomic E-state index is 12.7. The van der Waals surface area contributed by atoms with E-state index in [4.69, 9.17) is 4.74 Å². The van der Waals surface area contributed by atoms with Crippen molar-refractivity contribution >= 4 is 5.82 Å². The largest absolute Gasteiger partial charge is 0.489 e. The number of nitrogens with one attached hydrogen (secondary N) is 2. The zero-order chi connectivity index (χ0) is 21.1. The maximum Gasteiger partial charge on any atom is 0.273 e. The van der Waals surface area contributed by atoms with Crippen LogP contribution in [0, 0.1) is 0 Å². The zero-order valence-electron chi connectivity index (χ0n) is 17.2. The molecule has 4 rings (SSSR count). The average Bonchev–Trinajstić information content (AvgIpc) is 3.16. The lowest BCUT2D eigenvalue weighted by Crippen LogP contribution is -2.42. The van der Waals surface area contributed by atoms with E-state index in [1.165, 1.54) is 10.6 Å². The first-order valence-corrected chi connectivity index (χ1v) is 10.0. The lowest BCUT2D eigenvalue weighted by Gasteiger charge is -2.24. The Morgan fingerprint density at radius 2 is 1.93 bits per heavy atom. The van der Waals surface area contributed by atoms with Gasteiger partial charge in [0.05, 0.1) is 0 Å². The zero-order valence-corrected chi connectivity index (χ0v) is 17.2. The van der Waals surface area contributed by atoms with Gasteiger partial charge in [0, 0.05) is 30.9 Å². The van der Waals surface area contributed by atoms with Crippen LogP contribution in [0.2, 0.25) is 0 Å². The number of likely N-dealkylation sites (N-methyl/N-ethyl adjacent to an activating group) is 1. The molecule has 1 unspecified atom stereocenters. The number of rotatable bonds is 6. The number of benzene rings is 1. The van der Waals surface area contributed by atoms with Crippen molar-refractivity contribution in [2.45, 2.75) is 25.5 Å². The quantitative estimate of drug-likeness (QED) is 0.657. The van der Waals surface area contributed by atoms with E-state index in [2.05, 4.69) is 22.1 Å². The Hall–Kier alpha value is -3.32. The summed E-state index contributed by atoms with van der Waals surface area (Å²) in [5.74, 6) is 1.23. The molecule has 3 heterocycles. The van der Waals surface area contributed by atoms with Gasteiger partial charge >= 0.3 is 0 Å². The minimum Gasteiger partial charge on any atom is -0.489 e. The molecule has 1 aliphatic heterocycles. The molecule has 156 valence electrons. The van der Waals surface area contributed by atoms with Crippen molar-refractivity contribution < 1.29 is 4.74 Å². The number of anilines is 1. The van der Waals surface area contributed by atoms with Crippen LogP contribution < -0.4 is 26.1 Å². The number of pyridine rings is 2. The summed E-state index contributed by atoms with van der Waals surface area (Å²) in [6, 6.07) is 16.4. The molecule has 30 heavy (non-hydrogen) atoms. The van der Waals surface area contributed by atoms with E-state index < -0.39 is 0 Å². The summed E-state index contributed by atoms with van der Waals surface area (Å²) in [5.41, 5.74) is 0.717. The van der Waals surface area contributed by atoms with Gasteiger partial charge < -0.3 is 19.9 Å². The maximum absolute atomic E-state index is 12.7. The highest BCUT2D eigenvalue weighted by Crippen LogP contribution is 2.24. The average molecular weight is 406 g/mol. The topological polar surface area (TPSA) is 79.4 Å². The number of H-pyrrole nitrogens is 1. The Labute approximate surface area is 174 Å². The van der Waals surface area contributed by atoms with E-state index in [9.17, 15) is 9.59 Å². The third-order valence-electron chi connectivity index (χ3n) is 5.69. The number of aromatic nitrogens is 2. The Kier molecular flexibility index (Phi) is 5.46. The standard InChI is InChI=1S/C23H26N4O3/c1-23(24-2)11-13-26(16-23)20-9-8-19(22(29)25-20)27-12-10-18(14-21(27)28)30-15-17-6-4-3-5-7-17/h3-10,12,14,24H,11,13,15-16H2,1-2H3,(H,25,29). The Morgan fingerprint density at radius 3 is 2.60 bits per heavy atom. The van der Waals surface area contributed by atoms with E-state index >= 15 is 0 Å². The van der Waals surface area contributed by atoms with Crippen LogP contribution in [0.3, 0.4) is 0 Å². The fourth-order valence-corrected chi connectivity index (χ4v) is 3.69. The van der Waals surface area contributed by atoms with Crippen LogP contribution in [0.15, 0.2) is 70.4 Å². The predicted molar refractivity (Wildman–Crippen MR) is 118 cm³/mol. The van der Waals surface area contributed by atoms with Crippen LogP contribution in [0.4, 0.5) is 5.82 Å². The molecule has 1 aromatic carbocycles. The number of nitrogens with zero attached hydrogens (tertiary/aromatic N) is 2. The second-order valence-corrected chi connectivity index (χ2v) is 7.89. The Bertz CT molecular complexity index is 1140. The third kappa shape index (κ3) is 4.16. The number of hydrogen-bond acceptors (Lipinski definition) is 5. The van der Waals surface area contributed by atoms with E-state index in [-0.39, 0.29) is 22.3 Å². The summed E-state index contributed by atoms with van der Waals surface area (Å²) >= 11 is 0. The first-order chi connectivity index (χ1) is 14.5. The van der Waals surface area contributed by atoms with E-state index in [0.29, 0.717) is 12.4 Å². The number of aromatic amines is 1. The molecule has 0 spiro atoms. The van der Waals surface area contributed by atoms with Crippen LogP contribution in [0.1, 0.15) is 18.9 Å². The summed E-state index contributed by atoms with van der Waals surface area (Å²) in [6.45, 7) is 4.22. The fraction of sp³-hybridized carbons (Fsp3) is 0.304. The van der Waals surface area contributed by atoms with Gasteiger partial charge in [-0.25, -0.2) is 0 Å². The molecule has 0 aliphatic carbocycles. The molecule has 1 atom stereocenters. The van der Waals surface area contributed by atoms with Crippen molar-refractivity contribution in [3.8, 4) is 11.4 Å². The van der Waals surface area contributed by atoms with E-state index in [0.717, 1.165) is 30.9 Å². The fourth-order valence-electron chi connectivity index (χ4n) is 3.69. The molecule has 0 amide bonds. The van der Waals surface area contributed by atoms with Gasteiger partial charge in [-0.1, -0.05) is 30.3 Å². The first kappa shape index (κ1) is 20.0. The van der Waals surface area contributed by atoms with Crippen molar-refractivity contribution in [2.24, 2.45) is 0 Å². The van der Waals surface area contributed by atoms with Gasteiger partial charge in [0.25, 0.3) is 11.1 Å². The van der Waals surface area contributed by atoms with Gasteiger partial charge in [-0.05, 0) is 44.2 Å². The van der Waals surface area contributed by atoms with Crippen molar-refractivity contribution in [3.63, 3.8) is 0 Å². The molecule has 1 fully saturated rings. The van der Waals surface area contributed by atoms with Crippen LogP contribution in [0.5, 0.6) is 5.75 Å². The lowest BCUT2D eigenvalue weighted by atomic mass is 10.0. The van der Waals surface area contributed by atoms with Crippen molar-refractivity contribution in [1.82, 2.24) is 14.9 Å². The molecule has 2 aromatic heterocycles. The monoisotopic (exact) mass is 406 g/mol. The molecule has 0 saturated carbocycles. The van der Waals surface area contributed by atoms with Crippen LogP contribution in [-0.4, -0.2) is 35.2 Å². The van der Waals surface area contributed by atoms with Gasteiger partial charge in [-0.15, -0.1) is 0 Å². The molecule has 1 saturated heterocycles. The molecule has 2 N–H and O–H groups in total. The smallest absolute Gasteiger partial charge is 0.273 e. The Morgan fingerprint density at radius 1 is 1.13 bits per heavy atom. The molecular formula is C23H26N4O3. The van der Waals surface area contributed by atoms with Gasteiger partial charge in [0.2, 0.25) is 0 Å². The highest BCUT2D eigenvalue weighted by molar-refractivity contribution is 5.45. The van der Waals surface area contributed by atoms with Crippen LogP contribution in [-0.2, 0) is 6.61 Å². The highest BCUT2D eigenvalue weighted by Gasteiger charge is 2.32. The van der Waals surface area contributed by atoms with E-state index in [1.807, 2.05) is 43.4 Å². The molecule has 0 bridgehead atoms. The SMILES string of the molecule is CNC1(C)CCN(c2ccc(-n3ccc(OCc4ccccc4)cc3=O)c(=O)[nH]2)C1. The summed E-state index contributed by atoms with van der Waals surface area (Å²) in [7, 11) is 1.95. The van der Waals surface area contributed by atoms with Crippen molar-refractivity contribution in [1.29, 1.82) is 0 Å². The van der Waals surface area contributed by atoms with Gasteiger partial charge in [-0.2, -0.15) is 0 Å². The summed E-state index contributed by atoms with van der Waals surface area (Å²) in [6.07, 6.45) is 2.57. The van der Waals surface area contributed by atoms with Gasteiger partial charge in [-0.3, -0.25) is 14.2 Å². The summed E-state index contributed by atoms with van der Waals surface area (Å²) in [4.78, 5) is 30.3. The van der Waals surface area contributed by atoms with Gasteiger partial charge in [0.1, 0.15) is 23.9 Å². The molecule has 7 nitrogen and oxygen atoms in total. The number of ether oxygens (including phenoxy) is 1. The first-order valence-electron chi connectivity index (χ1n) is 10.0. The van der Waals surface area contributed by atoms with Crippen molar-refractivity contribution in [3.05, 3.63) is 87.1 Å². The molecule has 7 heteroatoms. The highest BCUT2D eigenvalue weighted by atomic mass is 16.5. The summed E-state index contributed by atoms with van der Waals surface area (Å²) in [5, 5.41) is 3.33.